The number of rotatable bonds is 18. The number of amides is 3. The van der Waals surface area contributed by atoms with Crippen LogP contribution in [0, 0.1) is 11.6 Å². The van der Waals surface area contributed by atoms with E-state index in [0.29, 0.717) is 10.3 Å². The number of fused-ring (bicyclic) bond motifs is 2. The number of hydrogen-bond donors (Lipinski definition) is 1. The van der Waals surface area contributed by atoms with Gasteiger partial charge in [0.25, 0.3) is 0 Å². The summed E-state index contributed by atoms with van der Waals surface area (Å²) >= 11 is 1.00. The van der Waals surface area contributed by atoms with Gasteiger partial charge in [0.2, 0.25) is 17.7 Å². The fraction of sp³-hybridized carbons (Fsp3) is 0.444. The number of benzene rings is 2. The van der Waals surface area contributed by atoms with E-state index >= 15 is 8.78 Å². The van der Waals surface area contributed by atoms with Gasteiger partial charge in [0.1, 0.15) is 6.10 Å². The first-order valence-electron chi connectivity index (χ1n) is 17.2. The van der Waals surface area contributed by atoms with Gasteiger partial charge in [0, 0.05) is 68.3 Å². The molecule has 0 saturated carbocycles. The largest absolute Gasteiger partial charge is 0.493 e. The third-order valence-electron chi connectivity index (χ3n) is 8.52. The Hall–Kier alpha value is -5.32. The number of carbonyl (C=O) groups excluding carboxylic acids is 5. The van der Waals surface area contributed by atoms with E-state index in [9.17, 15) is 28.8 Å². The van der Waals surface area contributed by atoms with Crippen molar-refractivity contribution in [2.24, 2.45) is 0 Å². The third-order valence-corrected chi connectivity index (χ3v) is 9.65. The van der Waals surface area contributed by atoms with Crippen LogP contribution in [0.4, 0.5) is 8.78 Å². The number of nitrogens with zero attached hydrogens (tertiary/aromatic N) is 2. The molecule has 53 heavy (non-hydrogen) atoms. The highest BCUT2D eigenvalue weighted by molar-refractivity contribution is 7.20. The number of methoxy groups -OCH3 is 2. The molecule has 3 aromatic rings. The number of likely N-dealkylation sites (tertiary alicyclic amines) is 1. The minimum atomic E-state index is -1.17. The van der Waals surface area contributed by atoms with Crippen molar-refractivity contribution < 1.29 is 67.7 Å². The van der Waals surface area contributed by atoms with Crippen LogP contribution >= 0.6 is 11.3 Å². The summed E-state index contributed by atoms with van der Waals surface area (Å²) in [5.41, 5.74) is 0.757. The van der Waals surface area contributed by atoms with Gasteiger partial charge < -0.3 is 33.7 Å². The number of imide groups is 1. The summed E-state index contributed by atoms with van der Waals surface area (Å²) in [6, 6.07) is 4.44. The van der Waals surface area contributed by atoms with E-state index in [1.165, 1.54) is 38.2 Å². The topological polar surface area (TPSA) is 175 Å². The summed E-state index contributed by atoms with van der Waals surface area (Å²) in [5.74, 6) is -5.53. The molecule has 0 radical (unpaired) electrons. The highest BCUT2D eigenvalue weighted by atomic mass is 32.1. The molecule has 3 amide bonds. The highest BCUT2D eigenvalue weighted by Gasteiger charge is 2.32. The van der Waals surface area contributed by atoms with Gasteiger partial charge in [-0.15, -0.1) is 11.3 Å². The number of carboxylic acids is 1. The minimum absolute atomic E-state index is 0.0476. The molecule has 17 heteroatoms. The lowest BCUT2D eigenvalue weighted by Gasteiger charge is -2.19. The lowest BCUT2D eigenvalue weighted by atomic mass is 10.1. The van der Waals surface area contributed by atoms with Crippen molar-refractivity contribution in [1.29, 1.82) is 0 Å². The third kappa shape index (κ3) is 9.01. The van der Waals surface area contributed by atoms with E-state index in [1.54, 1.807) is 6.07 Å². The Labute approximate surface area is 307 Å². The molecule has 3 heterocycles. The molecule has 0 aliphatic carbocycles. The molecule has 1 N–H and O–H groups in total. The van der Waals surface area contributed by atoms with E-state index in [4.69, 9.17) is 30.2 Å². The lowest BCUT2D eigenvalue weighted by Crippen LogP contribution is -2.37. The number of halogens is 2. The smallest absolute Gasteiger partial charge is 0.306 e. The van der Waals surface area contributed by atoms with E-state index in [-0.39, 0.29) is 110 Å². The molecule has 1 saturated heterocycles. The zero-order valence-electron chi connectivity index (χ0n) is 30.2. The normalized spacial score (nSPS) is 16.0. The zero-order valence-corrected chi connectivity index (χ0v) is 30.0. The minimum Gasteiger partial charge on any atom is -0.493 e. The summed E-state index contributed by atoms with van der Waals surface area (Å²) in [7, 11) is 2.67. The van der Waals surface area contributed by atoms with Crippen molar-refractivity contribution in [3.8, 4) is 23.0 Å². The molecular weight excluding hydrogens is 722 g/mol. The average molecular weight is 763 g/mol. The zero-order chi connectivity index (χ0) is 39.3. The molecule has 2 aliphatic rings. The number of carbonyl (C=O) groups is 6. The van der Waals surface area contributed by atoms with Gasteiger partial charge in [0.05, 0.1) is 51.7 Å². The first-order chi connectivity index (χ1) is 25.7. The molecule has 0 spiro atoms. The van der Waals surface area contributed by atoms with Crippen LogP contribution in [0.2, 0.25) is 0 Å². The molecule has 1 unspecified atom stereocenters. The number of esters is 1. The number of ether oxygens (including phenoxy) is 5. The van der Waals surface area contributed by atoms with Gasteiger partial charge in [-0.3, -0.25) is 33.7 Å². The second-order valence-corrected chi connectivity index (χ2v) is 13.4. The Kier molecular flexibility index (Phi) is 12.0. The molecule has 1 aromatic heterocycles. The number of hydrogen-bond acceptors (Lipinski definition) is 12. The van der Waals surface area contributed by atoms with Crippen LogP contribution in [0.25, 0.3) is 10.1 Å². The monoisotopic (exact) mass is 762 g/mol. The van der Waals surface area contributed by atoms with Crippen molar-refractivity contribution in [2.45, 2.75) is 71.0 Å². The standard InChI is InChI=1S/C36H38F2N2O12S/c1-19(16-40-29(43)6-7-30(40)44)52-32(47)10-5-23(41)27-14-21-26(53-27)15-25(49-3)36(33(21)37)51-12-4-11-50-35-24(48-2)13-20-17-39(18-22(20)34(35)38)28(42)8-9-31(45)46/h13-15,19H,4-12,16-18H2,1-3H3,(H,45,46)/t19-/m0/s1/i6T/t6?,19-. The van der Waals surface area contributed by atoms with Crippen molar-refractivity contribution in [2.75, 3.05) is 34.0 Å². The summed E-state index contributed by atoms with van der Waals surface area (Å²) in [6.45, 7) is 1.23. The average Bonchev–Trinajstić information content (AvgIpc) is 3.83. The molecule has 284 valence electrons. The Morgan fingerprint density at radius 1 is 0.925 bits per heavy atom. The Balaban J connectivity index is 1.14. The van der Waals surface area contributed by atoms with Crippen LogP contribution in [0.3, 0.4) is 0 Å². The summed E-state index contributed by atoms with van der Waals surface area (Å²) in [4.78, 5) is 74.9. The number of thiophene rings is 1. The van der Waals surface area contributed by atoms with Crippen LogP contribution in [-0.2, 0) is 41.8 Å². The van der Waals surface area contributed by atoms with Gasteiger partial charge in [0.15, 0.2) is 40.4 Å². The summed E-state index contributed by atoms with van der Waals surface area (Å²) in [5, 5.41) is 8.96. The maximum atomic E-state index is 15.7. The second kappa shape index (κ2) is 17.0. The predicted molar refractivity (Wildman–Crippen MR) is 183 cm³/mol. The van der Waals surface area contributed by atoms with Gasteiger partial charge in [-0.1, -0.05) is 0 Å². The van der Waals surface area contributed by atoms with Gasteiger partial charge >= 0.3 is 11.9 Å². The Bertz CT molecular complexity index is 1990. The van der Waals surface area contributed by atoms with Crippen molar-refractivity contribution in [3.05, 3.63) is 45.8 Å². The summed E-state index contributed by atoms with van der Waals surface area (Å²) in [6.07, 6.45) is -3.13. The van der Waals surface area contributed by atoms with Gasteiger partial charge in [-0.2, -0.15) is 0 Å². The molecule has 2 aromatic carbocycles. The maximum Gasteiger partial charge on any atom is 0.306 e. The van der Waals surface area contributed by atoms with Crippen molar-refractivity contribution in [3.63, 3.8) is 0 Å². The number of ketones is 1. The van der Waals surface area contributed by atoms with Crippen molar-refractivity contribution >= 4 is 56.9 Å². The molecule has 1 fully saturated rings. The molecule has 14 nitrogen and oxygen atoms in total. The van der Waals surface area contributed by atoms with Crippen LogP contribution in [-0.4, -0.2) is 90.4 Å². The van der Waals surface area contributed by atoms with Crippen LogP contribution in [0.15, 0.2) is 18.2 Å². The van der Waals surface area contributed by atoms with E-state index < -0.39 is 59.6 Å². The highest BCUT2D eigenvalue weighted by Crippen LogP contribution is 2.41. The molecule has 5 rings (SSSR count). The van der Waals surface area contributed by atoms with E-state index in [0.717, 1.165) is 16.2 Å². The Morgan fingerprint density at radius 3 is 2.25 bits per heavy atom. The first kappa shape index (κ1) is 37.4. The van der Waals surface area contributed by atoms with Crippen LogP contribution in [0.1, 0.15) is 74.0 Å². The SMILES string of the molecule is [3H]C1CC(=O)N(C[C@H](C)OC(=O)CCC(=O)c2cc3c(F)c(OCCCOc4c(OC)cc5c(c4F)CN(C(=O)CCC(=O)O)C5)c(OC)cc3s2)C1=O. The molecular formula is C36H38F2N2O12S. The quantitative estimate of drug-likeness (QED) is 0.0813. The van der Waals surface area contributed by atoms with Crippen LogP contribution < -0.4 is 18.9 Å². The van der Waals surface area contributed by atoms with E-state index in [2.05, 4.69) is 0 Å². The number of carboxylic acid groups (broad SMARTS) is 1. The second-order valence-electron chi connectivity index (χ2n) is 12.3. The number of aliphatic carboxylic acids is 1. The Morgan fingerprint density at radius 2 is 1.60 bits per heavy atom. The van der Waals surface area contributed by atoms with Gasteiger partial charge in [-0.25, -0.2) is 8.78 Å². The molecule has 2 atom stereocenters. The predicted octanol–water partition coefficient (Wildman–Crippen LogP) is 4.80. The van der Waals surface area contributed by atoms with Crippen LogP contribution in [0.5, 0.6) is 23.0 Å². The summed E-state index contributed by atoms with van der Waals surface area (Å²) < 4.78 is 66.5. The lowest BCUT2D eigenvalue weighted by molar-refractivity contribution is -0.153. The van der Waals surface area contributed by atoms with Gasteiger partial charge in [-0.05, 0) is 24.6 Å². The molecule has 0 bridgehead atoms. The number of Topliss-reactive ketones (excluding diaryl/α,β-unsaturated/α-hetero) is 1. The maximum absolute atomic E-state index is 15.7. The first-order valence-corrected chi connectivity index (χ1v) is 17.5. The molecule has 2 aliphatic heterocycles. The van der Waals surface area contributed by atoms with E-state index in [1.807, 2.05) is 0 Å². The van der Waals surface area contributed by atoms with Crippen molar-refractivity contribution in [1.82, 2.24) is 9.80 Å². The fourth-order valence-corrected chi connectivity index (χ4v) is 6.91. The fourth-order valence-electron chi connectivity index (χ4n) is 5.85.